The first kappa shape index (κ1) is 19.9. The number of nitrogens with one attached hydrogen (secondary N) is 2. The van der Waals surface area contributed by atoms with Crippen LogP contribution in [0.25, 0.3) is 0 Å². The van der Waals surface area contributed by atoms with Crippen LogP contribution in [0.3, 0.4) is 0 Å². The zero-order valence-corrected chi connectivity index (χ0v) is 16.6. The first-order chi connectivity index (χ1) is 13.5. The van der Waals surface area contributed by atoms with Crippen molar-refractivity contribution in [1.82, 2.24) is 5.32 Å². The fourth-order valence-corrected chi connectivity index (χ4v) is 3.42. The van der Waals surface area contributed by atoms with Crippen LogP contribution in [-0.4, -0.2) is 24.5 Å². The Labute approximate surface area is 166 Å². The standard InChI is InChI=1S/C23H28N2O3/c1-16-8-9-17(2)21(14-16)25-22(26)15-28-20-12-10-18(11-13-20)23(27)24-19-6-4-3-5-7-19/h8-14,19H,3-7,15H2,1-2H3,(H,24,27)(H,25,26). The van der Waals surface area contributed by atoms with Crippen LogP contribution in [0.15, 0.2) is 42.5 Å². The Bertz CT molecular complexity index is 824. The molecule has 0 radical (unpaired) electrons. The Balaban J connectivity index is 1.49. The minimum atomic E-state index is -0.215. The van der Waals surface area contributed by atoms with E-state index in [9.17, 15) is 9.59 Å². The molecule has 148 valence electrons. The van der Waals surface area contributed by atoms with Crippen LogP contribution in [0.5, 0.6) is 5.75 Å². The van der Waals surface area contributed by atoms with E-state index < -0.39 is 0 Å². The van der Waals surface area contributed by atoms with Crippen molar-refractivity contribution in [2.24, 2.45) is 0 Å². The molecule has 0 saturated heterocycles. The minimum Gasteiger partial charge on any atom is -0.484 e. The number of carbonyl (C=O) groups is 2. The highest BCUT2D eigenvalue weighted by molar-refractivity contribution is 5.94. The molecule has 0 heterocycles. The molecule has 0 aromatic heterocycles. The van der Waals surface area contributed by atoms with Gasteiger partial charge in [0.1, 0.15) is 5.75 Å². The molecule has 1 aliphatic rings. The van der Waals surface area contributed by atoms with Gasteiger partial charge in [0, 0.05) is 17.3 Å². The monoisotopic (exact) mass is 380 g/mol. The Hall–Kier alpha value is -2.82. The predicted molar refractivity (Wildman–Crippen MR) is 111 cm³/mol. The van der Waals surface area contributed by atoms with Crippen molar-refractivity contribution in [3.63, 3.8) is 0 Å². The van der Waals surface area contributed by atoms with E-state index in [2.05, 4.69) is 10.6 Å². The van der Waals surface area contributed by atoms with Gasteiger partial charge in [0.25, 0.3) is 11.8 Å². The summed E-state index contributed by atoms with van der Waals surface area (Å²) < 4.78 is 5.55. The van der Waals surface area contributed by atoms with Crippen LogP contribution in [0.1, 0.15) is 53.6 Å². The molecule has 2 N–H and O–H groups in total. The van der Waals surface area contributed by atoms with Crippen molar-refractivity contribution in [2.45, 2.75) is 52.0 Å². The molecule has 1 aliphatic carbocycles. The maximum atomic E-state index is 12.3. The van der Waals surface area contributed by atoms with Gasteiger partial charge < -0.3 is 15.4 Å². The molecule has 28 heavy (non-hydrogen) atoms. The lowest BCUT2D eigenvalue weighted by atomic mass is 9.95. The maximum Gasteiger partial charge on any atom is 0.262 e. The third kappa shape index (κ3) is 5.59. The normalized spacial score (nSPS) is 14.4. The molecule has 0 aliphatic heterocycles. The summed E-state index contributed by atoms with van der Waals surface area (Å²) in [7, 11) is 0. The number of hydrogen-bond donors (Lipinski definition) is 2. The van der Waals surface area contributed by atoms with Crippen molar-refractivity contribution in [1.29, 1.82) is 0 Å². The van der Waals surface area contributed by atoms with E-state index in [0.29, 0.717) is 11.3 Å². The van der Waals surface area contributed by atoms with Crippen LogP contribution in [0.4, 0.5) is 5.69 Å². The zero-order chi connectivity index (χ0) is 19.9. The highest BCUT2D eigenvalue weighted by Crippen LogP contribution is 2.19. The summed E-state index contributed by atoms with van der Waals surface area (Å²) >= 11 is 0. The number of benzene rings is 2. The SMILES string of the molecule is Cc1ccc(C)c(NC(=O)COc2ccc(C(=O)NC3CCCCC3)cc2)c1. The number of hydrogen-bond acceptors (Lipinski definition) is 3. The molecule has 5 heteroatoms. The van der Waals surface area contributed by atoms with Crippen LogP contribution < -0.4 is 15.4 Å². The van der Waals surface area contributed by atoms with Gasteiger partial charge in [-0.2, -0.15) is 0 Å². The molecule has 1 fully saturated rings. The summed E-state index contributed by atoms with van der Waals surface area (Å²) in [5.41, 5.74) is 3.50. The van der Waals surface area contributed by atoms with Gasteiger partial charge in [-0.1, -0.05) is 31.4 Å². The average molecular weight is 380 g/mol. The second-order valence-corrected chi connectivity index (χ2v) is 7.49. The smallest absolute Gasteiger partial charge is 0.262 e. The molecule has 0 spiro atoms. The van der Waals surface area contributed by atoms with Crippen molar-refractivity contribution in [2.75, 3.05) is 11.9 Å². The third-order valence-electron chi connectivity index (χ3n) is 5.09. The molecule has 5 nitrogen and oxygen atoms in total. The minimum absolute atomic E-state index is 0.0499. The summed E-state index contributed by atoms with van der Waals surface area (Å²) in [5.74, 6) is 0.296. The first-order valence-electron chi connectivity index (χ1n) is 9.92. The van der Waals surface area contributed by atoms with Gasteiger partial charge in [-0.15, -0.1) is 0 Å². The van der Waals surface area contributed by atoms with Crippen molar-refractivity contribution in [3.8, 4) is 5.75 Å². The van der Waals surface area contributed by atoms with Gasteiger partial charge in [0.15, 0.2) is 6.61 Å². The molecule has 2 aromatic rings. The highest BCUT2D eigenvalue weighted by atomic mass is 16.5. The first-order valence-corrected chi connectivity index (χ1v) is 9.92. The second-order valence-electron chi connectivity index (χ2n) is 7.49. The number of ether oxygens (including phenoxy) is 1. The number of anilines is 1. The van der Waals surface area contributed by atoms with Crippen molar-refractivity contribution >= 4 is 17.5 Å². The van der Waals surface area contributed by atoms with E-state index in [-0.39, 0.29) is 24.5 Å². The Kier molecular flexibility index (Phi) is 6.69. The summed E-state index contributed by atoms with van der Waals surface area (Å²) in [6, 6.07) is 13.1. The maximum absolute atomic E-state index is 12.3. The molecule has 0 atom stereocenters. The predicted octanol–water partition coefficient (Wildman–Crippen LogP) is 4.38. The van der Waals surface area contributed by atoms with E-state index in [4.69, 9.17) is 4.74 Å². The molecule has 0 unspecified atom stereocenters. The zero-order valence-electron chi connectivity index (χ0n) is 16.6. The molecule has 2 amide bonds. The van der Waals surface area contributed by atoms with E-state index in [1.165, 1.54) is 19.3 Å². The molecular formula is C23H28N2O3. The van der Waals surface area contributed by atoms with Crippen LogP contribution in [-0.2, 0) is 4.79 Å². The van der Waals surface area contributed by atoms with E-state index in [1.807, 2.05) is 32.0 Å². The van der Waals surface area contributed by atoms with Gasteiger partial charge in [-0.3, -0.25) is 9.59 Å². The molecule has 3 rings (SSSR count). The van der Waals surface area contributed by atoms with E-state index >= 15 is 0 Å². The van der Waals surface area contributed by atoms with E-state index in [1.54, 1.807) is 24.3 Å². The number of amides is 2. The summed E-state index contributed by atoms with van der Waals surface area (Å²) in [6.07, 6.45) is 5.74. The van der Waals surface area contributed by atoms with Gasteiger partial charge in [-0.25, -0.2) is 0 Å². The van der Waals surface area contributed by atoms with Gasteiger partial charge in [-0.05, 0) is 68.1 Å². The molecule has 0 bridgehead atoms. The van der Waals surface area contributed by atoms with E-state index in [0.717, 1.165) is 29.7 Å². The Morgan fingerprint density at radius 2 is 1.71 bits per heavy atom. The number of rotatable bonds is 6. The average Bonchev–Trinajstić information content (AvgIpc) is 2.70. The fourth-order valence-electron chi connectivity index (χ4n) is 3.42. The summed E-state index contributed by atoms with van der Waals surface area (Å²) in [6.45, 7) is 3.85. The van der Waals surface area contributed by atoms with Crippen LogP contribution in [0.2, 0.25) is 0 Å². The van der Waals surface area contributed by atoms with Crippen molar-refractivity contribution in [3.05, 3.63) is 59.2 Å². The van der Waals surface area contributed by atoms with Crippen molar-refractivity contribution < 1.29 is 14.3 Å². The fraction of sp³-hybridized carbons (Fsp3) is 0.391. The number of aryl methyl sites for hydroxylation is 2. The quantitative estimate of drug-likeness (QED) is 0.781. The second kappa shape index (κ2) is 9.40. The van der Waals surface area contributed by atoms with Gasteiger partial charge >= 0.3 is 0 Å². The van der Waals surface area contributed by atoms with Crippen LogP contribution in [0, 0.1) is 13.8 Å². The van der Waals surface area contributed by atoms with Gasteiger partial charge in [0.2, 0.25) is 0 Å². The summed E-state index contributed by atoms with van der Waals surface area (Å²) in [5, 5.41) is 5.97. The molecular weight excluding hydrogens is 352 g/mol. The van der Waals surface area contributed by atoms with Gasteiger partial charge in [0.05, 0.1) is 0 Å². The Morgan fingerprint density at radius 3 is 2.43 bits per heavy atom. The third-order valence-corrected chi connectivity index (χ3v) is 5.09. The number of carbonyl (C=O) groups excluding carboxylic acids is 2. The summed E-state index contributed by atoms with van der Waals surface area (Å²) in [4.78, 5) is 24.5. The van der Waals surface area contributed by atoms with Crippen LogP contribution >= 0.6 is 0 Å². The lowest BCUT2D eigenvalue weighted by molar-refractivity contribution is -0.118. The highest BCUT2D eigenvalue weighted by Gasteiger charge is 2.16. The molecule has 1 saturated carbocycles. The largest absolute Gasteiger partial charge is 0.484 e. The topological polar surface area (TPSA) is 67.4 Å². The Morgan fingerprint density at radius 1 is 1.00 bits per heavy atom. The lowest BCUT2D eigenvalue weighted by Gasteiger charge is -2.22. The molecule has 2 aromatic carbocycles. The lowest BCUT2D eigenvalue weighted by Crippen LogP contribution is -2.36.